The zero-order chi connectivity index (χ0) is 20.1. The molecule has 2 heterocycles. The van der Waals surface area contributed by atoms with Crippen LogP contribution in [-0.2, 0) is 15.6 Å². The first-order chi connectivity index (χ1) is 13.3. The van der Waals surface area contributed by atoms with Crippen LogP contribution in [0.25, 0.3) is 0 Å². The molecule has 1 amide bonds. The number of hydrogen-bond acceptors (Lipinski definition) is 7. The average Bonchev–Trinajstić information content (AvgIpc) is 3.09. The number of nitrogens with zero attached hydrogens (tertiary/aromatic N) is 3. The van der Waals surface area contributed by atoms with Gasteiger partial charge in [-0.15, -0.1) is 11.8 Å². The van der Waals surface area contributed by atoms with Crippen LogP contribution in [0.15, 0.2) is 39.8 Å². The van der Waals surface area contributed by atoms with Crippen LogP contribution in [0.3, 0.4) is 0 Å². The van der Waals surface area contributed by atoms with Crippen molar-refractivity contribution in [1.29, 1.82) is 0 Å². The summed E-state index contributed by atoms with van der Waals surface area (Å²) >= 11 is 1.56. The number of amides is 1. The first-order valence-electron chi connectivity index (χ1n) is 9.15. The lowest BCUT2D eigenvalue weighted by Crippen LogP contribution is -2.49. The second-order valence-electron chi connectivity index (χ2n) is 6.98. The third kappa shape index (κ3) is 5.83. The molecule has 0 N–H and O–H groups in total. The van der Waals surface area contributed by atoms with E-state index >= 15 is 0 Å². The zero-order valence-electron chi connectivity index (χ0n) is 16.1. The van der Waals surface area contributed by atoms with Gasteiger partial charge in [-0.05, 0) is 19.1 Å². The van der Waals surface area contributed by atoms with E-state index in [9.17, 15) is 13.2 Å². The summed E-state index contributed by atoms with van der Waals surface area (Å²) in [6.45, 7) is 4.97. The summed E-state index contributed by atoms with van der Waals surface area (Å²) in [6, 6.07) is 9.50. The van der Waals surface area contributed by atoms with Crippen molar-refractivity contribution in [3.63, 3.8) is 0 Å². The fraction of sp³-hybridized carbons (Fsp3) is 0.474. The van der Waals surface area contributed by atoms with Crippen LogP contribution >= 0.6 is 11.8 Å². The summed E-state index contributed by atoms with van der Waals surface area (Å²) in [4.78, 5) is 17.9. The van der Waals surface area contributed by atoms with Crippen molar-refractivity contribution < 1.29 is 17.7 Å². The largest absolute Gasteiger partial charge is 0.360 e. The molecule has 1 aliphatic rings. The monoisotopic (exact) mass is 423 g/mol. The van der Waals surface area contributed by atoms with E-state index in [1.807, 2.05) is 42.2 Å². The molecule has 0 aliphatic carbocycles. The highest BCUT2D eigenvalue weighted by molar-refractivity contribution is 7.98. The normalized spacial score (nSPS) is 15.7. The molecule has 0 spiro atoms. The first kappa shape index (κ1) is 20.9. The van der Waals surface area contributed by atoms with Crippen molar-refractivity contribution in [3.8, 4) is 0 Å². The Morgan fingerprint density at radius 3 is 2.57 bits per heavy atom. The van der Waals surface area contributed by atoms with Crippen LogP contribution < -0.4 is 0 Å². The molecule has 0 radical (unpaired) electrons. The maximum atomic E-state index is 13.0. The molecule has 0 unspecified atom stereocenters. The highest BCUT2D eigenvalue weighted by Crippen LogP contribution is 2.27. The van der Waals surface area contributed by atoms with Gasteiger partial charge in [-0.3, -0.25) is 9.69 Å². The predicted molar refractivity (Wildman–Crippen MR) is 109 cm³/mol. The van der Waals surface area contributed by atoms with Gasteiger partial charge >= 0.3 is 0 Å². The summed E-state index contributed by atoms with van der Waals surface area (Å²) in [5.74, 6) is 1.57. The zero-order valence-corrected chi connectivity index (χ0v) is 17.8. The van der Waals surface area contributed by atoms with Crippen LogP contribution in [0.4, 0.5) is 0 Å². The first-order valence-corrected chi connectivity index (χ1v) is 12.2. The van der Waals surface area contributed by atoms with Gasteiger partial charge in [0.1, 0.15) is 15.6 Å². The fourth-order valence-corrected chi connectivity index (χ4v) is 4.55. The number of sulfone groups is 1. The molecular weight excluding hydrogens is 398 g/mol. The van der Waals surface area contributed by atoms with Gasteiger partial charge in [0.05, 0.1) is 22.8 Å². The van der Waals surface area contributed by atoms with Gasteiger partial charge in [0.25, 0.3) is 5.91 Å². The number of piperazine rings is 1. The number of rotatable bonds is 7. The molecule has 1 aromatic heterocycles. The van der Waals surface area contributed by atoms with E-state index < -0.39 is 9.84 Å². The van der Waals surface area contributed by atoms with Crippen molar-refractivity contribution in [1.82, 2.24) is 15.0 Å². The number of aromatic nitrogens is 1. The average molecular weight is 424 g/mol. The van der Waals surface area contributed by atoms with E-state index in [1.54, 1.807) is 11.8 Å². The Bertz CT molecular complexity index is 919. The number of aryl methyl sites for hydroxylation is 1. The van der Waals surface area contributed by atoms with Gasteiger partial charge in [0, 0.05) is 49.9 Å². The molecule has 152 valence electrons. The molecule has 0 saturated carbocycles. The Morgan fingerprint density at radius 1 is 1.21 bits per heavy atom. The van der Waals surface area contributed by atoms with Gasteiger partial charge in [-0.1, -0.05) is 17.3 Å². The minimum atomic E-state index is -2.97. The Hall–Kier alpha value is -1.84. The van der Waals surface area contributed by atoms with Crippen molar-refractivity contribution in [2.45, 2.75) is 17.6 Å². The quantitative estimate of drug-likeness (QED) is 0.631. The molecule has 0 atom stereocenters. The van der Waals surface area contributed by atoms with Crippen molar-refractivity contribution in [2.75, 3.05) is 44.7 Å². The Labute approximate surface area is 170 Å². The lowest BCUT2D eigenvalue weighted by atomic mass is 10.2. The molecular formula is C19H25N3O4S2. The number of carbonyl (C=O) groups is 1. The Kier molecular flexibility index (Phi) is 6.79. The van der Waals surface area contributed by atoms with Crippen LogP contribution in [0, 0.1) is 6.92 Å². The number of carbonyl (C=O) groups excluding carboxylic acids is 1. The summed E-state index contributed by atoms with van der Waals surface area (Å²) < 4.78 is 27.9. The van der Waals surface area contributed by atoms with Gasteiger partial charge < -0.3 is 9.42 Å². The van der Waals surface area contributed by atoms with Gasteiger partial charge in [0.15, 0.2) is 0 Å². The second kappa shape index (κ2) is 9.11. The fourth-order valence-electron chi connectivity index (χ4n) is 3.04. The van der Waals surface area contributed by atoms with Crippen molar-refractivity contribution in [3.05, 3.63) is 47.3 Å². The van der Waals surface area contributed by atoms with Crippen LogP contribution in [-0.4, -0.2) is 74.0 Å². The van der Waals surface area contributed by atoms with Gasteiger partial charge in [-0.25, -0.2) is 8.42 Å². The van der Waals surface area contributed by atoms with Crippen molar-refractivity contribution >= 4 is 27.5 Å². The third-order valence-electron chi connectivity index (χ3n) is 4.60. The summed E-state index contributed by atoms with van der Waals surface area (Å²) in [5.41, 5.74) is 1.53. The Balaban J connectivity index is 1.59. The van der Waals surface area contributed by atoms with E-state index in [2.05, 4.69) is 10.1 Å². The van der Waals surface area contributed by atoms with E-state index in [0.29, 0.717) is 44.0 Å². The van der Waals surface area contributed by atoms with E-state index in [0.717, 1.165) is 16.3 Å². The topological polar surface area (TPSA) is 83.7 Å². The Morgan fingerprint density at radius 2 is 1.93 bits per heavy atom. The molecule has 7 nitrogen and oxygen atoms in total. The van der Waals surface area contributed by atoms with Crippen LogP contribution in [0.5, 0.6) is 0 Å². The van der Waals surface area contributed by atoms with Gasteiger partial charge in [-0.2, -0.15) is 0 Å². The molecule has 1 aromatic carbocycles. The molecule has 1 saturated heterocycles. The maximum absolute atomic E-state index is 13.0. The smallest absolute Gasteiger partial charge is 0.255 e. The molecule has 1 fully saturated rings. The molecule has 0 bridgehead atoms. The minimum absolute atomic E-state index is 0.0135. The standard InChI is InChI=1S/C19H25N3O4S2/c1-15-13-16(26-20-15)14-27-18-6-4-3-5-17(18)19(23)22-9-7-21(8-10-22)11-12-28(2,24)25/h3-6,13H,7-12,14H2,1-2H3. The summed E-state index contributed by atoms with van der Waals surface area (Å²) in [5, 5.41) is 3.89. The van der Waals surface area contributed by atoms with Crippen LogP contribution in [0.1, 0.15) is 21.8 Å². The molecule has 28 heavy (non-hydrogen) atoms. The molecule has 9 heteroatoms. The van der Waals surface area contributed by atoms with Crippen molar-refractivity contribution in [2.24, 2.45) is 0 Å². The summed E-state index contributed by atoms with van der Waals surface area (Å²) in [7, 11) is -2.97. The number of benzene rings is 1. The summed E-state index contributed by atoms with van der Waals surface area (Å²) in [6.07, 6.45) is 1.25. The number of hydrogen-bond donors (Lipinski definition) is 0. The molecule has 3 rings (SSSR count). The predicted octanol–water partition coefficient (Wildman–Crippen LogP) is 2.08. The highest BCUT2D eigenvalue weighted by atomic mass is 32.2. The van der Waals surface area contributed by atoms with E-state index in [-0.39, 0.29) is 11.7 Å². The third-order valence-corrected chi connectivity index (χ3v) is 6.62. The maximum Gasteiger partial charge on any atom is 0.255 e. The molecule has 2 aromatic rings. The highest BCUT2D eigenvalue weighted by Gasteiger charge is 2.24. The molecule has 1 aliphatic heterocycles. The van der Waals surface area contributed by atoms with E-state index in [4.69, 9.17) is 4.52 Å². The lowest BCUT2D eigenvalue weighted by Gasteiger charge is -2.34. The number of thioether (sulfide) groups is 1. The minimum Gasteiger partial charge on any atom is -0.360 e. The SMILES string of the molecule is Cc1cc(CSc2ccccc2C(=O)N2CCN(CCS(C)(=O)=O)CC2)on1. The lowest BCUT2D eigenvalue weighted by molar-refractivity contribution is 0.0640. The van der Waals surface area contributed by atoms with Gasteiger partial charge in [0.2, 0.25) is 0 Å². The second-order valence-corrected chi connectivity index (χ2v) is 10.3. The van der Waals surface area contributed by atoms with E-state index in [1.165, 1.54) is 6.26 Å². The van der Waals surface area contributed by atoms with Crippen LogP contribution in [0.2, 0.25) is 0 Å².